The van der Waals surface area contributed by atoms with Crippen LogP contribution in [-0.2, 0) is 0 Å². The number of benzene rings is 2. The first kappa shape index (κ1) is 15.6. The predicted molar refractivity (Wildman–Crippen MR) is 77.2 cm³/mol. The van der Waals surface area contributed by atoms with E-state index in [2.05, 4.69) is 5.32 Å². The van der Waals surface area contributed by atoms with Gasteiger partial charge in [0, 0.05) is 11.3 Å². The highest BCUT2D eigenvalue weighted by atomic mass is 19.2. The van der Waals surface area contributed by atoms with E-state index >= 15 is 0 Å². The summed E-state index contributed by atoms with van der Waals surface area (Å²) in [4.78, 5) is 23.0. The van der Waals surface area contributed by atoms with E-state index in [1.54, 1.807) is 6.92 Å². The number of halogens is 2. The Bertz CT molecular complexity index is 772. The van der Waals surface area contributed by atoms with Gasteiger partial charge in [-0.2, -0.15) is 0 Å². The highest BCUT2D eigenvalue weighted by molar-refractivity contribution is 6.05. The summed E-state index contributed by atoms with van der Waals surface area (Å²) in [5, 5.41) is 11.4. The number of carbonyl (C=O) groups is 2. The van der Waals surface area contributed by atoms with E-state index in [1.807, 2.05) is 0 Å². The number of anilines is 1. The summed E-state index contributed by atoms with van der Waals surface area (Å²) in [5.41, 5.74) is 1.36. The Morgan fingerprint density at radius 1 is 1.00 bits per heavy atom. The van der Waals surface area contributed by atoms with E-state index < -0.39 is 23.5 Å². The van der Waals surface area contributed by atoms with Crippen molar-refractivity contribution in [2.75, 3.05) is 5.32 Å². The van der Waals surface area contributed by atoms with E-state index in [9.17, 15) is 18.4 Å². The zero-order valence-electron chi connectivity index (χ0n) is 11.9. The Hall–Kier alpha value is -2.76. The van der Waals surface area contributed by atoms with Crippen LogP contribution < -0.4 is 5.32 Å². The summed E-state index contributed by atoms with van der Waals surface area (Å²) in [6.45, 7) is 3.14. The summed E-state index contributed by atoms with van der Waals surface area (Å²) in [5.74, 6) is -3.79. The molecule has 0 bridgehead atoms. The molecule has 0 saturated carbocycles. The van der Waals surface area contributed by atoms with Crippen molar-refractivity contribution < 1.29 is 23.5 Å². The molecule has 2 aromatic carbocycles. The second-order valence-corrected chi connectivity index (χ2v) is 4.87. The molecule has 0 spiro atoms. The maximum atomic E-state index is 13.3. The van der Waals surface area contributed by atoms with Crippen molar-refractivity contribution in [1.29, 1.82) is 0 Å². The molecule has 0 aromatic heterocycles. The van der Waals surface area contributed by atoms with Crippen molar-refractivity contribution in [1.82, 2.24) is 0 Å². The molecule has 22 heavy (non-hydrogen) atoms. The van der Waals surface area contributed by atoms with Gasteiger partial charge in [0.1, 0.15) is 0 Å². The van der Waals surface area contributed by atoms with Gasteiger partial charge in [0.25, 0.3) is 5.91 Å². The molecule has 2 rings (SSSR count). The minimum Gasteiger partial charge on any atom is -0.478 e. The third-order valence-electron chi connectivity index (χ3n) is 3.23. The van der Waals surface area contributed by atoms with Crippen LogP contribution in [0.5, 0.6) is 0 Å². The zero-order valence-corrected chi connectivity index (χ0v) is 11.9. The van der Waals surface area contributed by atoms with E-state index in [4.69, 9.17) is 5.11 Å². The Balaban J connectivity index is 2.30. The third-order valence-corrected chi connectivity index (χ3v) is 3.23. The lowest BCUT2D eigenvalue weighted by Gasteiger charge is -2.11. The van der Waals surface area contributed by atoms with Gasteiger partial charge in [0.2, 0.25) is 0 Å². The fourth-order valence-corrected chi connectivity index (χ4v) is 2.02. The average molecular weight is 305 g/mol. The molecular formula is C16H13F2NO3. The number of hydrogen-bond donors (Lipinski definition) is 2. The summed E-state index contributed by atoms with van der Waals surface area (Å²) in [7, 11) is 0. The first-order chi connectivity index (χ1) is 10.3. The molecule has 2 N–H and O–H groups in total. The van der Waals surface area contributed by atoms with Crippen molar-refractivity contribution in [3.05, 3.63) is 64.2 Å². The van der Waals surface area contributed by atoms with E-state index in [0.29, 0.717) is 16.8 Å². The zero-order chi connectivity index (χ0) is 16.4. The maximum Gasteiger partial charge on any atom is 0.335 e. The molecule has 114 valence electrons. The van der Waals surface area contributed by atoms with Gasteiger partial charge in [-0.25, -0.2) is 13.6 Å². The van der Waals surface area contributed by atoms with Crippen LogP contribution in [0.1, 0.15) is 31.8 Å². The lowest BCUT2D eigenvalue weighted by Crippen LogP contribution is -2.15. The van der Waals surface area contributed by atoms with Crippen LogP contribution in [0, 0.1) is 25.5 Å². The molecule has 0 aliphatic rings. The van der Waals surface area contributed by atoms with E-state index in [-0.39, 0.29) is 11.1 Å². The second kappa shape index (κ2) is 5.93. The molecule has 0 radical (unpaired) electrons. The van der Waals surface area contributed by atoms with Gasteiger partial charge < -0.3 is 10.4 Å². The summed E-state index contributed by atoms with van der Waals surface area (Å²) in [6.07, 6.45) is 0. The van der Waals surface area contributed by atoms with Crippen LogP contribution >= 0.6 is 0 Å². The molecule has 0 aliphatic heterocycles. The van der Waals surface area contributed by atoms with Gasteiger partial charge in [-0.3, -0.25) is 4.79 Å². The molecule has 2 aromatic rings. The smallest absolute Gasteiger partial charge is 0.335 e. The molecule has 1 amide bonds. The standard InChI is InChI=1S/C16H13F2NO3/c1-8-6-12(17)13(18)7-11(8)15(20)19-14-4-3-10(16(21)22)5-9(14)2/h3-7H,1-2H3,(H,19,20)(H,21,22). The number of rotatable bonds is 3. The van der Waals surface area contributed by atoms with E-state index in [0.717, 1.165) is 12.1 Å². The largest absolute Gasteiger partial charge is 0.478 e. The van der Waals surface area contributed by atoms with Crippen molar-refractivity contribution in [3.8, 4) is 0 Å². The fourth-order valence-electron chi connectivity index (χ4n) is 2.02. The second-order valence-electron chi connectivity index (χ2n) is 4.87. The number of carboxylic acid groups (broad SMARTS) is 1. The monoisotopic (exact) mass is 305 g/mol. The van der Waals surface area contributed by atoms with Gasteiger partial charge in [-0.05, 0) is 55.3 Å². The molecular weight excluding hydrogens is 292 g/mol. The molecule has 0 fully saturated rings. The minimum atomic E-state index is -1.10. The Labute approximate surface area is 125 Å². The first-order valence-electron chi connectivity index (χ1n) is 6.40. The minimum absolute atomic E-state index is 0.0145. The Kier molecular flexibility index (Phi) is 4.21. The average Bonchev–Trinajstić information content (AvgIpc) is 2.44. The van der Waals surface area contributed by atoms with Crippen molar-refractivity contribution >= 4 is 17.6 Å². The maximum absolute atomic E-state index is 13.3. The third kappa shape index (κ3) is 3.11. The highest BCUT2D eigenvalue weighted by Gasteiger charge is 2.15. The summed E-state index contributed by atoms with van der Waals surface area (Å²) < 4.78 is 26.3. The van der Waals surface area contributed by atoms with Gasteiger partial charge >= 0.3 is 5.97 Å². The molecule has 0 atom stereocenters. The lowest BCUT2D eigenvalue weighted by atomic mass is 10.1. The quantitative estimate of drug-likeness (QED) is 0.911. The number of carboxylic acids is 1. The number of amides is 1. The number of nitrogens with one attached hydrogen (secondary N) is 1. The molecule has 0 unspecified atom stereocenters. The van der Waals surface area contributed by atoms with Gasteiger partial charge in [0.15, 0.2) is 11.6 Å². The topological polar surface area (TPSA) is 66.4 Å². The summed E-state index contributed by atoms with van der Waals surface area (Å²) >= 11 is 0. The van der Waals surface area contributed by atoms with Gasteiger partial charge in [-0.15, -0.1) is 0 Å². The van der Waals surface area contributed by atoms with Crippen LogP contribution in [0.15, 0.2) is 30.3 Å². The molecule has 0 saturated heterocycles. The Morgan fingerprint density at radius 2 is 1.64 bits per heavy atom. The predicted octanol–water partition coefficient (Wildman–Crippen LogP) is 3.53. The number of carbonyl (C=O) groups excluding carboxylic acids is 1. The summed E-state index contributed by atoms with van der Waals surface area (Å²) in [6, 6.07) is 6.00. The van der Waals surface area contributed by atoms with Crippen LogP contribution in [0.2, 0.25) is 0 Å². The van der Waals surface area contributed by atoms with Crippen molar-refractivity contribution in [2.24, 2.45) is 0 Å². The number of aryl methyl sites for hydroxylation is 2. The van der Waals surface area contributed by atoms with Gasteiger partial charge in [0.05, 0.1) is 5.56 Å². The molecule has 4 nitrogen and oxygen atoms in total. The number of aromatic carboxylic acids is 1. The van der Waals surface area contributed by atoms with Crippen molar-refractivity contribution in [3.63, 3.8) is 0 Å². The molecule has 0 heterocycles. The SMILES string of the molecule is Cc1cc(C(=O)O)ccc1NC(=O)c1cc(F)c(F)cc1C. The van der Waals surface area contributed by atoms with Crippen LogP contribution in [0.25, 0.3) is 0 Å². The van der Waals surface area contributed by atoms with Crippen LogP contribution in [-0.4, -0.2) is 17.0 Å². The highest BCUT2D eigenvalue weighted by Crippen LogP contribution is 2.20. The fraction of sp³-hybridized carbons (Fsp3) is 0.125. The first-order valence-corrected chi connectivity index (χ1v) is 6.40. The van der Waals surface area contributed by atoms with E-state index in [1.165, 1.54) is 25.1 Å². The van der Waals surface area contributed by atoms with Crippen molar-refractivity contribution in [2.45, 2.75) is 13.8 Å². The van der Waals surface area contributed by atoms with Crippen LogP contribution in [0.3, 0.4) is 0 Å². The normalized spacial score (nSPS) is 10.4. The Morgan fingerprint density at radius 3 is 2.23 bits per heavy atom. The lowest BCUT2D eigenvalue weighted by molar-refractivity contribution is 0.0696. The molecule has 0 aliphatic carbocycles. The van der Waals surface area contributed by atoms with Gasteiger partial charge in [-0.1, -0.05) is 0 Å². The number of hydrogen-bond acceptors (Lipinski definition) is 2. The molecule has 6 heteroatoms. The van der Waals surface area contributed by atoms with Crippen LogP contribution in [0.4, 0.5) is 14.5 Å².